The van der Waals surface area contributed by atoms with Gasteiger partial charge >= 0.3 is 30.2 Å². The molecular weight excluding hydrogens is 64.8 g/mol. The zero-order valence-electron chi connectivity index (χ0n) is 3.06. The van der Waals surface area contributed by atoms with Gasteiger partial charge in [-0.1, -0.05) is 0 Å². The molecule has 0 bridgehead atoms. The van der Waals surface area contributed by atoms with Crippen molar-refractivity contribution in [3.05, 3.63) is 0 Å². The van der Waals surface area contributed by atoms with Crippen LogP contribution in [0, 0.1) is 0 Å². The van der Waals surface area contributed by atoms with Crippen LogP contribution in [0.3, 0.4) is 0 Å². The van der Waals surface area contributed by atoms with Crippen molar-refractivity contribution in [2.75, 3.05) is 0 Å². The van der Waals surface area contributed by atoms with Crippen LogP contribution in [0.1, 0.15) is 6.92 Å². The molecule has 0 heterocycles. The van der Waals surface area contributed by atoms with E-state index in [-0.39, 0.29) is 5.91 Å². The molecule has 26 valence electrons. The molecule has 0 aromatic carbocycles. The predicted octanol–water partition coefficient (Wildman–Crippen LogP) is -0.383. The first kappa shape index (κ1) is 4.53. The fraction of sp³-hybridized carbons (Fsp3) is 0.500. The van der Waals surface area contributed by atoms with Gasteiger partial charge < -0.3 is 0 Å². The van der Waals surface area contributed by atoms with Crippen LogP contribution >= 0.6 is 0 Å². The molecule has 0 aromatic heterocycles. The third kappa shape index (κ3) is 3.53. The van der Waals surface area contributed by atoms with E-state index in [9.17, 15) is 4.79 Å². The van der Waals surface area contributed by atoms with Crippen molar-refractivity contribution in [3.8, 4) is 0 Å². The predicted molar refractivity (Wildman–Crippen MR) is 20.3 cm³/mol. The van der Waals surface area contributed by atoms with Crippen molar-refractivity contribution < 1.29 is 4.79 Å². The number of hydrogen-bond acceptors (Lipinski definition) is 1. The summed E-state index contributed by atoms with van der Waals surface area (Å²) in [4.78, 5) is 12.6. The van der Waals surface area contributed by atoms with E-state index in [1.54, 1.807) is 0 Å². The number of nitrogens with zero attached hydrogens (tertiary/aromatic N) is 1. The van der Waals surface area contributed by atoms with Crippen LogP contribution in [0.25, 0.3) is 0 Å². The third-order valence-electron chi connectivity index (χ3n) is 0.223. The van der Waals surface area contributed by atoms with Crippen molar-refractivity contribution in [2.24, 2.45) is 4.90 Å². The molecule has 0 spiro atoms. The molecule has 0 aliphatic heterocycles. The fourth-order valence-corrected chi connectivity index (χ4v) is 0. The zero-order valence-corrected chi connectivity index (χ0v) is 3.06. The van der Waals surface area contributed by atoms with Crippen LogP contribution < -0.4 is 0 Å². The van der Waals surface area contributed by atoms with E-state index < -0.39 is 0 Å². The fourth-order valence-electron chi connectivity index (χ4n) is 0. The quantitative estimate of drug-likeness (QED) is 0.356. The number of carbonyl (C=O) groups excluding carboxylic acids is 1. The van der Waals surface area contributed by atoms with Crippen molar-refractivity contribution in [1.29, 1.82) is 0 Å². The summed E-state index contributed by atoms with van der Waals surface area (Å²) in [5, 5.41) is 0. The van der Waals surface area contributed by atoms with Gasteiger partial charge in [0.05, 0.1) is 0 Å². The summed E-state index contributed by atoms with van der Waals surface area (Å²) in [5.74, 6) is -0.231. The van der Waals surface area contributed by atoms with Crippen LogP contribution in [0.2, 0.25) is 0 Å². The molecule has 0 saturated heterocycles. The molecule has 0 aromatic rings. The Morgan fingerprint density at radius 2 is 2.20 bits per heavy atom. The van der Waals surface area contributed by atoms with E-state index >= 15 is 0 Å². The molecule has 0 aliphatic carbocycles. The Morgan fingerprint density at radius 3 is 2.20 bits per heavy atom. The maximum atomic E-state index is 9.58. The molecule has 0 unspecified atom stereocenters. The van der Waals surface area contributed by atoms with Crippen molar-refractivity contribution in [2.45, 2.75) is 6.92 Å². The van der Waals surface area contributed by atoms with Crippen LogP contribution in [0.4, 0.5) is 0 Å². The second-order valence-electron chi connectivity index (χ2n) is 0.677. The van der Waals surface area contributed by atoms with E-state index in [0.717, 1.165) is 0 Å². The van der Waals surface area contributed by atoms with Gasteiger partial charge in [0.25, 0.3) is 0 Å². The third-order valence-corrected chi connectivity index (χ3v) is 0.223. The Balaban J connectivity index is 3.20. The molecule has 0 rings (SSSR count). The minimum atomic E-state index is -0.231. The van der Waals surface area contributed by atoms with Crippen molar-refractivity contribution in [3.63, 3.8) is 0 Å². The van der Waals surface area contributed by atoms with Gasteiger partial charge in [0.15, 0.2) is 0 Å². The Morgan fingerprint density at radius 1 is 2.00 bits per heavy atom. The standard InChI is InChI=1S/C2H4BNO/c1-2(5)4-3/h3H,1H3. The number of carbonyl (C=O) groups is 1. The minimum absolute atomic E-state index is 0.231. The average Bonchev–Trinajstić information content (AvgIpc) is 1.38. The zero-order chi connectivity index (χ0) is 4.28. The van der Waals surface area contributed by atoms with Crippen molar-refractivity contribution in [1.82, 2.24) is 0 Å². The second kappa shape index (κ2) is 1.82. The molecule has 1 amide bonds. The normalized spacial score (nSPS) is 6.40. The van der Waals surface area contributed by atoms with Crippen LogP contribution in [-0.2, 0) is 4.79 Å². The summed E-state index contributed by atoms with van der Waals surface area (Å²) in [6, 6.07) is 0. The summed E-state index contributed by atoms with van der Waals surface area (Å²) in [6.45, 7) is 1.35. The molecular formula is C2H4BNO. The first-order valence-electron chi connectivity index (χ1n) is 1.24. The van der Waals surface area contributed by atoms with Crippen LogP contribution in [0.15, 0.2) is 4.90 Å². The first-order chi connectivity index (χ1) is 2.27. The van der Waals surface area contributed by atoms with Crippen LogP contribution in [0.5, 0.6) is 0 Å². The van der Waals surface area contributed by atoms with Gasteiger partial charge in [-0.15, -0.1) is 0 Å². The van der Waals surface area contributed by atoms with Gasteiger partial charge in [-0.25, -0.2) is 0 Å². The van der Waals surface area contributed by atoms with E-state index in [2.05, 4.69) is 12.5 Å². The average molecular weight is 68.9 g/mol. The topological polar surface area (TPSA) is 29.4 Å². The molecule has 5 heavy (non-hydrogen) atoms. The van der Waals surface area contributed by atoms with Gasteiger partial charge in [0, 0.05) is 0 Å². The van der Waals surface area contributed by atoms with E-state index in [4.69, 9.17) is 0 Å². The Hall–Kier alpha value is -0.465. The summed E-state index contributed by atoms with van der Waals surface area (Å²) in [5.41, 5.74) is 0. The van der Waals surface area contributed by atoms with Gasteiger partial charge in [-0.2, -0.15) is 0 Å². The molecule has 0 N–H and O–H groups in total. The number of amides is 1. The summed E-state index contributed by atoms with van der Waals surface area (Å²) in [7, 11) is 2.96. The number of rotatable bonds is 0. The maximum absolute atomic E-state index is 9.58. The summed E-state index contributed by atoms with van der Waals surface area (Å²) in [6.07, 6.45) is 0. The molecule has 0 saturated carbocycles. The Kier molecular flexibility index (Phi) is 1.65. The van der Waals surface area contributed by atoms with Gasteiger partial charge in [-0.3, -0.25) is 0 Å². The Labute approximate surface area is 31.3 Å². The SMILES string of the molecule is B=NC(C)=O. The molecule has 0 atom stereocenters. The van der Waals surface area contributed by atoms with Crippen LogP contribution in [-0.4, -0.2) is 13.5 Å². The number of hydrogen-bond donors (Lipinski definition) is 0. The monoisotopic (exact) mass is 69.0 g/mol. The molecule has 3 heteroatoms. The van der Waals surface area contributed by atoms with E-state index in [1.165, 1.54) is 6.92 Å². The van der Waals surface area contributed by atoms with Gasteiger partial charge in [0.1, 0.15) is 0 Å². The molecule has 0 aliphatic rings. The van der Waals surface area contributed by atoms with E-state index in [0.29, 0.717) is 0 Å². The van der Waals surface area contributed by atoms with Gasteiger partial charge in [-0.05, 0) is 0 Å². The first-order valence-corrected chi connectivity index (χ1v) is 1.24. The van der Waals surface area contributed by atoms with Gasteiger partial charge in [0.2, 0.25) is 0 Å². The molecule has 2 nitrogen and oxygen atoms in total. The summed E-state index contributed by atoms with van der Waals surface area (Å²) < 4.78 is 0. The Bertz CT molecular complexity index is 60.7. The van der Waals surface area contributed by atoms with Crippen molar-refractivity contribution >= 4 is 13.5 Å². The summed E-state index contributed by atoms with van der Waals surface area (Å²) >= 11 is 0. The van der Waals surface area contributed by atoms with E-state index in [1.807, 2.05) is 0 Å². The molecule has 0 radical (unpaired) electrons. The molecule has 0 fully saturated rings. The second-order valence-corrected chi connectivity index (χ2v) is 0.677.